The number of hydrogen-bond acceptors (Lipinski definition) is 6. The summed E-state index contributed by atoms with van der Waals surface area (Å²) in [6.45, 7) is 2.98. The molecule has 0 aliphatic heterocycles. The Labute approximate surface area is 269 Å². The zero-order valence-corrected chi connectivity index (χ0v) is 27.0. The number of allylic oxidation sites excluding steroid dienone is 12. The third-order valence-corrected chi connectivity index (χ3v) is 7.23. The van der Waals surface area contributed by atoms with E-state index in [0.717, 1.165) is 38.5 Å². The standard InChI is InChI=1S/C36H46N3O5P/c1-2-3-4-5-6-7-8-9-10-11-12-13-14-15-16-17-18-19-23-26-36(40)37-31-32-38-45(43-34-24-21-20-22-25-34)44-35-29-27-33(28-30-35)39(41)42/h3-4,6-7,9-10,12-13,15-16,18-22,24-25,27-30,38H,2,5,8,11,14,17,23,26,31-32H2,1H3,(H,37,40)/b4-3-,7-6-,10-9-,13-12-,16-15-,19-18-. The van der Waals surface area contributed by atoms with Crippen molar-refractivity contribution in [1.82, 2.24) is 10.4 Å². The number of nitro benzene ring substituents is 1. The van der Waals surface area contributed by atoms with Crippen molar-refractivity contribution in [3.05, 3.63) is 138 Å². The number of nitrogens with one attached hydrogen (secondary N) is 2. The normalized spacial score (nSPS) is 12.7. The fourth-order valence-electron chi connectivity index (χ4n) is 3.68. The molecular weight excluding hydrogens is 585 g/mol. The van der Waals surface area contributed by atoms with Crippen molar-refractivity contribution in [3.63, 3.8) is 0 Å². The Kier molecular flexibility index (Phi) is 20.6. The Morgan fingerprint density at radius 3 is 1.71 bits per heavy atom. The van der Waals surface area contributed by atoms with E-state index in [1.165, 1.54) is 24.3 Å². The number of nitrogens with zero attached hydrogens (tertiary/aromatic N) is 1. The Bertz CT molecular complexity index is 1270. The molecule has 1 atom stereocenters. The van der Waals surface area contributed by atoms with Crippen molar-refractivity contribution in [2.24, 2.45) is 0 Å². The minimum absolute atomic E-state index is 0.0182. The van der Waals surface area contributed by atoms with Gasteiger partial charge in [-0.3, -0.25) is 14.9 Å². The van der Waals surface area contributed by atoms with Gasteiger partial charge in [-0.1, -0.05) is 98.0 Å². The van der Waals surface area contributed by atoms with E-state index in [-0.39, 0.29) is 11.6 Å². The van der Waals surface area contributed by atoms with E-state index < -0.39 is 13.4 Å². The largest absolute Gasteiger partial charge is 0.427 e. The number of para-hydroxylation sites is 1. The summed E-state index contributed by atoms with van der Waals surface area (Å²) in [5.41, 5.74) is -0.0182. The second kappa shape index (κ2) is 25.1. The second-order valence-corrected chi connectivity index (χ2v) is 10.9. The van der Waals surface area contributed by atoms with E-state index in [4.69, 9.17) is 9.05 Å². The van der Waals surface area contributed by atoms with E-state index in [9.17, 15) is 14.9 Å². The third kappa shape index (κ3) is 19.6. The first kappa shape index (κ1) is 36.9. The number of hydrogen-bond donors (Lipinski definition) is 2. The lowest BCUT2D eigenvalue weighted by atomic mass is 10.2. The van der Waals surface area contributed by atoms with Crippen LogP contribution in [0.15, 0.2) is 128 Å². The van der Waals surface area contributed by atoms with Crippen molar-refractivity contribution in [2.45, 2.75) is 58.3 Å². The molecule has 2 aromatic carbocycles. The molecule has 0 spiro atoms. The quantitative estimate of drug-likeness (QED) is 0.0416. The molecule has 0 aromatic heterocycles. The van der Waals surface area contributed by atoms with Gasteiger partial charge in [0.2, 0.25) is 5.91 Å². The average molecular weight is 632 g/mol. The first-order chi connectivity index (χ1) is 22.1. The number of rotatable bonds is 23. The molecule has 0 saturated carbocycles. The maximum Gasteiger partial charge on any atom is 0.381 e. The lowest BCUT2D eigenvalue weighted by molar-refractivity contribution is -0.384. The number of nitro groups is 1. The van der Waals surface area contributed by atoms with E-state index in [1.54, 1.807) is 0 Å². The van der Waals surface area contributed by atoms with E-state index in [1.807, 2.05) is 36.4 Å². The van der Waals surface area contributed by atoms with Gasteiger partial charge in [-0.25, -0.2) is 5.09 Å². The Balaban J connectivity index is 1.56. The lowest BCUT2D eigenvalue weighted by Crippen LogP contribution is -2.31. The van der Waals surface area contributed by atoms with Gasteiger partial charge in [0.15, 0.2) is 0 Å². The topological polar surface area (TPSA) is 103 Å². The fraction of sp³-hybridized carbons (Fsp3) is 0.306. The molecule has 45 heavy (non-hydrogen) atoms. The summed E-state index contributed by atoms with van der Waals surface area (Å²) in [4.78, 5) is 22.7. The van der Waals surface area contributed by atoms with Crippen molar-refractivity contribution in [3.8, 4) is 11.5 Å². The third-order valence-electron chi connectivity index (χ3n) is 5.99. The zero-order valence-electron chi connectivity index (χ0n) is 26.1. The average Bonchev–Trinajstić information content (AvgIpc) is 3.05. The molecule has 2 rings (SSSR count). The van der Waals surface area contributed by atoms with Crippen LogP contribution in [0.5, 0.6) is 11.5 Å². The molecule has 2 N–H and O–H groups in total. The van der Waals surface area contributed by atoms with Gasteiger partial charge in [0, 0.05) is 31.6 Å². The molecule has 1 unspecified atom stereocenters. The Morgan fingerprint density at radius 2 is 1.20 bits per heavy atom. The van der Waals surface area contributed by atoms with Crippen molar-refractivity contribution in [2.75, 3.05) is 13.1 Å². The highest BCUT2D eigenvalue weighted by Crippen LogP contribution is 2.37. The lowest BCUT2D eigenvalue weighted by Gasteiger charge is -2.19. The smallest absolute Gasteiger partial charge is 0.381 e. The van der Waals surface area contributed by atoms with Crippen LogP contribution in [0.4, 0.5) is 5.69 Å². The van der Waals surface area contributed by atoms with E-state index >= 15 is 0 Å². The summed E-state index contributed by atoms with van der Waals surface area (Å²) in [6.07, 6.45) is 32.8. The van der Waals surface area contributed by atoms with Crippen molar-refractivity contribution in [1.29, 1.82) is 0 Å². The molecule has 2 aromatic rings. The molecule has 240 valence electrons. The van der Waals surface area contributed by atoms with Gasteiger partial charge in [0.25, 0.3) is 5.69 Å². The molecule has 9 heteroatoms. The van der Waals surface area contributed by atoms with Crippen molar-refractivity contribution >= 4 is 20.1 Å². The number of non-ortho nitro benzene ring substituents is 1. The molecule has 0 fully saturated rings. The van der Waals surface area contributed by atoms with Crippen LogP contribution in [0.25, 0.3) is 0 Å². The van der Waals surface area contributed by atoms with Gasteiger partial charge in [-0.15, -0.1) is 0 Å². The zero-order chi connectivity index (χ0) is 32.2. The molecule has 8 nitrogen and oxygen atoms in total. The molecule has 0 radical (unpaired) electrons. The predicted molar refractivity (Wildman–Crippen MR) is 186 cm³/mol. The van der Waals surface area contributed by atoms with Crippen LogP contribution in [0.2, 0.25) is 0 Å². The van der Waals surface area contributed by atoms with Gasteiger partial charge < -0.3 is 14.4 Å². The van der Waals surface area contributed by atoms with E-state index in [2.05, 4.69) is 84.2 Å². The van der Waals surface area contributed by atoms with Gasteiger partial charge in [0.1, 0.15) is 11.5 Å². The first-order valence-electron chi connectivity index (χ1n) is 15.4. The second-order valence-electron chi connectivity index (χ2n) is 9.72. The number of carbonyl (C=O) groups is 1. The maximum absolute atomic E-state index is 12.2. The highest BCUT2D eigenvalue weighted by atomic mass is 31.2. The minimum atomic E-state index is -1.60. The molecule has 0 aliphatic rings. The Hall–Kier alpha value is -4.26. The molecule has 0 bridgehead atoms. The van der Waals surface area contributed by atoms with Crippen molar-refractivity contribution < 1.29 is 18.8 Å². The molecule has 0 saturated heterocycles. The van der Waals surface area contributed by atoms with Crippen LogP contribution in [0.1, 0.15) is 58.3 Å². The number of amides is 1. The van der Waals surface area contributed by atoms with Gasteiger partial charge >= 0.3 is 8.53 Å². The molecule has 1 amide bonds. The predicted octanol–water partition coefficient (Wildman–Crippen LogP) is 9.46. The highest BCUT2D eigenvalue weighted by Gasteiger charge is 2.16. The van der Waals surface area contributed by atoms with Gasteiger partial charge in [-0.2, -0.15) is 0 Å². The van der Waals surface area contributed by atoms with Crippen LogP contribution in [-0.4, -0.2) is 23.9 Å². The Morgan fingerprint density at radius 1 is 0.711 bits per heavy atom. The number of carbonyl (C=O) groups excluding carboxylic acids is 1. The van der Waals surface area contributed by atoms with Crippen LogP contribution < -0.4 is 19.5 Å². The summed E-state index contributed by atoms with van der Waals surface area (Å²) in [6, 6.07) is 15.0. The maximum atomic E-state index is 12.2. The molecule has 0 heterocycles. The summed E-state index contributed by atoms with van der Waals surface area (Å²) in [5.74, 6) is 1.04. The van der Waals surface area contributed by atoms with Gasteiger partial charge in [-0.05, 0) is 69.2 Å². The first-order valence-corrected chi connectivity index (χ1v) is 16.6. The minimum Gasteiger partial charge on any atom is -0.427 e. The van der Waals surface area contributed by atoms with Crippen LogP contribution in [-0.2, 0) is 4.79 Å². The summed E-state index contributed by atoms with van der Waals surface area (Å²) in [7, 11) is -1.60. The number of benzene rings is 2. The summed E-state index contributed by atoms with van der Waals surface area (Å²) in [5, 5.41) is 17.0. The molecule has 0 aliphatic carbocycles. The van der Waals surface area contributed by atoms with Gasteiger partial charge in [0.05, 0.1) is 4.92 Å². The van der Waals surface area contributed by atoms with Crippen LogP contribution in [0.3, 0.4) is 0 Å². The summed E-state index contributed by atoms with van der Waals surface area (Å²) >= 11 is 0. The summed E-state index contributed by atoms with van der Waals surface area (Å²) < 4.78 is 11.8. The SMILES string of the molecule is CC/C=C\C/C=C\C/C=C\C/C=C\C/C=C\C/C=C\CCC(=O)NCCNP(Oc1ccccc1)Oc1ccc([N+](=O)[O-])cc1. The highest BCUT2D eigenvalue weighted by molar-refractivity contribution is 7.45. The monoisotopic (exact) mass is 631 g/mol. The van der Waals surface area contributed by atoms with Crippen LogP contribution in [0, 0.1) is 10.1 Å². The molecular formula is C36H46N3O5P. The van der Waals surface area contributed by atoms with E-state index in [0.29, 0.717) is 37.4 Å². The fourth-order valence-corrected chi connectivity index (χ4v) is 4.76. The van der Waals surface area contributed by atoms with Crippen LogP contribution >= 0.6 is 8.53 Å².